The Morgan fingerprint density at radius 1 is 1.24 bits per heavy atom. The summed E-state index contributed by atoms with van der Waals surface area (Å²) in [6.07, 6.45) is 0.760. The van der Waals surface area contributed by atoms with Gasteiger partial charge in [0.25, 0.3) is 5.91 Å². The predicted octanol–water partition coefficient (Wildman–Crippen LogP) is 2.93. The molecule has 0 radical (unpaired) electrons. The van der Waals surface area contributed by atoms with Crippen LogP contribution in [0.15, 0.2) is 30.3 Å². The number of hydrogen-bond acceptors (Lipinski definition) is 4. The maximum Gasteiger partial charge on any atom is 0.270 e. The molecule has 2 heterocycles. The summed E-state index contributed by atoms with van der Waals surface area (Å²) >= 11 is 0. The first-order chi connectivity index (χ1) is 14.0. The zero-order valence-electron chi connectivity index (χ0n) is 17.3. The number of nitrogens with one attached hydrogen (secondary N) is 3. The fourth-order valence-electron chi connectivity index (χ4n) is 3.42. The molecule has 3 aromatic rings. The van der Waals surface area contributed by atoms with Crippen molar-refractivity contribution in [3.8, 4) is 0 Å². The standard InChI is InChI=1S/C22H28N4O3/c1-5-13(2)19(22(28)23-10-11-29-4)26-21(27)18-12-16-15-8-6-7-9-17(15)25-20(16)14(3)24-18/h6-9,12-13,19,25H,5,10-11H2,1-4H3,(H,23,28)(H,26,27). The van der Waals surface area contributed by atoms with Crippen molar-refractivity contribution >= 4 is 33.6 Å². The highest BCUT2D eigenvalue weighted by molar-refractivity contribution is 6.10. The quantitative estimate of drug-likeness (QED) is 0.510. The second kappa shape index (κ2) is 9.05. The van der Waals surface area contributed by atoms with Crippen LogP contribution in [0.5, 0.6) is 0 Å². The number of rotatable bonds is 8. The van der Waals surface area contributed by atoms with E-state index in [1.54, 1.807) is 13.2 Å². The minimum Gasteiger partial charge on any atom is -0.383 e. The van der Waals surface area contributed by atoms with Crippen molar-refractivity contribution in [2.24, 2.45) is 5.92 Å². The van der Waals surface area contributed by atoms with Gasteiger partial charge in [0.05, 0.1) is 17.8 Å². The van der Waals surface area contributed by atoms with Gasteiger partial charge >= 0.3 is 0 Å². The maximum atomic E-state index is 13.0. The third-order valence-electron chi connectivity index (χ3n) is 5.30. The van der Waals surface area contributed by atoms with E-state index in [0.29, 0.717) is 18.8 Å². The van der Waals surface area contributed by atoms with E-state index in [1.807, 2.05) is 45.0 Å². The zero-order chi connectivity index (χ0) is 21.0. The van der Waals surface area contributed by atoms with E-state index < -0.39 is 6.04 Å². The highest BCUT2D eigenvalue weighted by atomic mass is 16.5. The number of amides is 2. The third-order valence-corrected chi connectivity index (χ3v) is 5.30. The van der Waals surface area contributed by atoms with Crippen LogP contribution in [0.25, 0.3) is 21.8 Å². The molecule has 154 valence electrons. The molecule has 7 heteroatoms. The summed E-state index contributed by atoms with van der Waals surface area (Å²) in [5, 5.41) is 7.68. The number of H-pyrrole nitrogens is 1. The summed E-state index contributed by atoms with van der Waals surface area (Å²) in [6, 6.07) is 9.09. The fraction of sp³-hybridized carbons (Fsp3) is 0.409. The van der Waals surface area contributed by atoms with Gasteiger partial charge in [0.1, 0.15) is 11.7 Å². The Balaban J connectivity index is 1.88. The van der Waals surface area contributed by atoms with E-state index in [9.17, 15) is 9.59 Å². The van der Waals surface area contributed by atoms with E-state index in [1.165, 1.54) is 0 Å². The van der Waals surface area contributed by atoms with E-state index in [0.717, 1.165) is 33.9 Å². The number of aromatic nitrogens is 2. The second-order valence-electron chi connectivity index (χ2n) is 7.31. The number of aromatic amines is 1. The molecule has 1 aromatic carbocycles. The van der Waals surface area contributed by atoms with Gasteiger partial charge in [-0.3, -0.25) is 9.59 Å². The van der Waals surface area contributed by atoms with Crippen molar-refractivity contribution in [1.29, 1.82) is 0 Å². The highest BCUT2D eigenvalue weighted by Crippen LogP contribution is 2.27. The molecule has 0 aliphatic heterocycles. The topological polar surface area (TPSA) is 96.1 Å². The van der Waals surface area contributed by atoms with Crippen LogP contribution in [0.1, 0.15) is 36.5 Å². The van der Waals surface area contributed by atoms with Gasteiger partial charge in [0.15, 0.2) is 0 Å². The summed E-state index contributed by atoms with van der Waals surface area (Å²) in [5.74, 6) is -0.582. The van der Waals surface area contributed by atoms with Gasteiger partial charge in [-0.25, -0.2) is 4.98 Å². The second-order valence-corrected chi connectivity index (χ2v) is 7.31. The normalized spacial score (nSPS) is 13.4. The van der Waals surface area contributed by atoms with Crippen LogP contribution in [0, 0.1) is 12.8 Å². The number of hydrogen-bond donors (Lipinski definition) is 3. The van der Waals surface area contributed by atoms with Crippen molar-refractivity contribution < 1.29 is 14.3 Å². The summed E-state index contributed by atoms with van der Waals surface area (Å²) in [7, 11) is 1.58. The Morgan fingerprint density at radius 3 is 2.72 bits per heavy atom. The lowest BCUT2D eigenvalue weighted by Crippen LogP contribution is -2.50. The van der Waals surface area contributed by atoms with E-state index in [2.05, 4.69) is 20.6 Å². The van der Waals surface area contributed by atoms with Crippen LogP contribution in [-0.2, 0) is 9.53 Å². The van der Waals surface area contributed by atoms with Crippen LogP contribution in [0.4, 0.5) is 0 Å². The number of methoxy groups -OCH3 is 1. The third kappa shape index (κ3) is 4.40. The molecule has 0 spiro atoms. The average molecular weight is 396 g/mol. The van der Waals surface area contributed by atoms with Gasteiger partial charge in [-0.2, -0.15) is 0 Å². The van der Waals surface area contributed by atoms with Gasteiger partial charge in [-0.05, 0) is 25.0 Å². The average Bonchev–Trinajstić information content (AvgIpc) is 3.10. The highest BCUT2D eigenvalue weighted by Gasteiger charge is 2.27. The van der Waals surface area contributed by atoms with Crippen LogP contribution >= 0.6 is 0 Å². The number of pyridine rings is 1. The molecule has 0 saturated carbocycles. The molecule has 2 amide bonds. The Kier molecular flexibility index (Phi) is 6.49. The molecule has 0 aliphatic carbocycles. The first kappa shape index (κ1) is 20.8. The van der Waals surface area contributed by atoms with Gasteiger partial charge in [-0.15, -0.1) is 0 Å². The molecule has 2 aromatic heterocycles. The predicted molar refractivity (Wildman–Crippen MR) is 114 cm³/mol. The molecule has 3 rings (SSSR count). The molecule has 0 bridgehead atoms. The number of carbonyl (C=O) groups is 2. The van der Waals surface area contributed by atoms with Crippen LogP contribution in [0.2, 0.25) is 0 Å². The van der Waals surface area contributed by atoms with Gasteiger partial charge in [0.2, 0.25) is 5.91 Å². The minimum atomic E-state index is -0.634. The number of aryl methyl sites for hydroxylation is 1. The van der Waals surface area contributed by atoms with Gasteiger partial charge in [-0.1, -0.05) is 38.5 Å². The van der Waals surface area contributed by atoms with Crippen molar-refractivity contribution in [2.45, 2.75) is 33.2 Å². The van der Waals surface area contributed by atoms with E-state index in [-0.39, 0.29) is 17.7 Å². The smallest absolute Gasteiger partial charge is 0.270 e. The molecule has 29 heavy (non-hydrogen) atoms. The number of fused-ring (bicyclic) bond motifs is 3. The molecular weight excluding hydrogens is 368 g/mol. The number of benzene rings is 1. The van der Waals surface area contributed by atoms with Gasteiger partial charge in [0, 0.05) is 29.9 Å². The van der Waals surface area contributed by atoms with Crippen LogP contribution < -0.4 is 10.6 Å². The Hall–Kier alpha value is -2.93. The fourth-order valence-corrected chi connectivity index (χ4v) is 3.42. The van der Waals surface area contributed by atoms with E-state index in [4.69, 9.17) is 4.74 Å². The van der Waals surface area contributed by atoms with Crippen molar-refractivity contribution in [3.63, 3.8) is 0 Å². The van der Waals surface area contributed by atoms with Crippen LogP contribution in [0.3, 0.4) is 0 Å². The molecule has 0 fully saturated rings. The number of para-hydroxylation sites is 1. The minimum absolute atomic E-state index is 0.0144. The molecule has 7 nitrogen and oxygen atoms in total. The molecule has 2 unspecified atom stereocenters. The summed E-state index contributed by atoms with van der Waals surface area (Å²) in [4.78, 5) is 33.4. The summed E-state index contributed by atoms with van der Waals surface area (Å²) in [5.41, 5.74) is 2.96. The SMILES string of the molecule is CCC(C)C(NC(=O)c1cc2c([nH]c3ccccc32)c(C)n1)C(=O)NCCOC. The largest absolute Gasteiger partial charge is 0.383 e. The lowest BCUT2D eigenvalue weighted by molar-refractivity contribution is -0.124. The van der Waals surface area contributed by atoms with Crippen molar-refractivity contribution in [3.05, 3.63) is 41.7 Å². The number of nitrogens with zero attached hydrogens (tertiary/aromatic N) is 1. The first-order valence-corrected chi connectivity index (χ1v) is 9.91. The number of carbonyl (C=O) groups excluding carboxylic acids is 2. The Labute approximate surface area is 170 Å². The van der Waals surface area contributed by atoms with Crippen LogP contribution in [-0.4, -0.2) is 48.1 Å². The molecule has 2 atom stereocenters. The van der Waals surface area contributed by atoms with E-state index >= 15 is 0 Å². The monoisotopic (exact) mass is 396 g/mol. The zero-order valence-corrected chi connectivity index (χ0v) is 17.3. The Morgan fingerprint density at radius 2 is 2.00 bits per heavy atom. The lowest BCUT2D eigenvalue weighted by atomic mass is 9.98. The van der Waals surface area contributed by atoms with Gasteiger partial charge < -0.3 is 20.4 Å². The van der Waals surface area contributed by atoms with Crippen molar-refractivity contribution in [1.82, 2.24) is 20.6 Å². The maximum absolute atomic E-state index is 13.0. The molecule has 3 N–H and O–H groups in total. The first-order valence-electron chi connectivity index (χ1n) is 9.91. The lowest BCUT2D eigenvalue weighted by Gasteiger charge is -2.23. The Bertz CT molecular complexity index is 1030. The molecule has 0 saturated heterocycles. The summed E-state index contributed by atoms with van der Waals surface area (Å²) < 4.78 is 4.98. The van der Waals surface area contributed by atoms with Crippen molar-refractivity contribution in [2.75, 3.05) is 20.3 Å². The summed E-state index contributed by atoms with van der Waals surface area (Å²) in [6.45, 7) is 6.63. The number of ether oxygens (including phenoxy) is 1. The molecular formula is C22H28N4O3. The molecule has 0 aliphatic rings.